The molecule has 2 heterocycles. The van der Waals surface area contributed by atoms with Gasteiger partial charge in [0.25, 0.3) is 0 Å². The first-order chi connectivity index (χ1) is 18.0. The summed E-state index contributed by atoms with van der Waals surface area (Å²) in [4.78, 5) is 35.2. The van der Waals surface area contributed by atoms with Gasteiger partial charge in [0.2, 0.25) is 5.95 Å². The molecule has 0 aliphatic carbocycles. The van der Waals surface area contributed by atoms with Crippen LogP contribution in [0.25, 0.3) is 0 Å². The number of hydrogen-bond donors (Lipinski definition) is 2. The highest BCUT2D eigenvalue weighted by Crippen LogP contribution is 2.15. The third-order valence-electron chi connectivity index (χ3n) is 5.95. The van der Waals surface area contributed by atoms with Crippen molar-refractivity contribution in [3.63, 3.8) is 0 Å². The molecule has 0 aliphatic heterocycles. The standard InChI is InChI=1S/C27H30N6O4/c1-36-22-9-5-19(6-10-22)17-32-25(30-16-21-4-3-15-29-24(21)13-14-28)31-26(34)33(27(32)35)18-20-7-11-23(37-2)12-8-20/h3-12,15H,13-14,16-18,28H2,1-2H3,(H,30,31,34). The lowest BCUT2D eigenvalue weighted by Gasteiger charge is -2.17. The van der Waals surface area contributed by atoms with E-state index in [4.69, 9.17) is 15.2 Å². The van der Waals surface area contributed by atoms with E-state index in [1.807, 2.05) is 48.5 Å². The van der Waals surface area contributed by atoms with Crippen LogP contribution in [0, 0.1) is 0 Å². The number of ether oxygens (including phenoxy) is 2. The van der Waals surface area contributed by atoms with Crippen LogP contribution in [0.5, 0.6) is 11.5 Å². The van der Waals surface area contributed by atoms with E-state index in [9.17, 15) is 9.59 Å². The first kappa shape index (κ1) is 25.6. The number of aromatic nitrogens is 4. The lowest BCUT2D eigenvalue weighted by molar-refractivity contribution is 0.414. The van der Waals surface area contributed by atoms with E-state index >= 15 is 0 Å². The van der Waals surface area contributed by atoms with Crippen LogP contribution >= 0.6 is 0 Å². The molecule has 0 amide bonds. The molecular weight excluding hydrogens is 472 g/mol. The van der Waals surface area contributed by atoms with E-state index in [1.54, 1.807) is 32.5 Å². The second-order valence-electron chi connectivity index (χ2n) is 8.37. The fraction of sp³-hybridized carbons (Fsp3) is 0.259. The van der Waals surface area contributed by atoms with Crippen molar-refractivity contribution in [1.29, 1.82) is 0 Å². The maximum atomic E-state index is 13.6. The third kappa shape index (κ3) is 6.22. The van der Waals surface area contributed by atoms with Crippen molar-refractivity contribution in [3.8, 4) is 11.5 Å². The Morgan fingerprint density at radius 1 is 0.865 bits per heavy atom. The van der Waals surface area contributed by atoms with E-state index in [0.29, 0.717) is 31.0 Å². The van der Waals surface area contributed by atoms with E-state index in [-0.39, 0.29) is 19.0 Å². The number of methoxy groups -OCH3 is 2. The van der Waals surface area contributed by atoms with Crippen molar-refractivity contribution in [2.24, 2.45) is 5.73 Å². The summed E-state index contributed by atoms with van der Waals surface area (Å²) in [5.74, 6) is 1.58. The number of nitrogens with two attached hydrogens (primary N) is 1. The SMILES string of the molecule is COc1ccc(Cn2c(NCc3cccnc3CCN)nc(=O)n(Cc3ccc(OC)cc3)c2=O)cc1. The minimum atomic E-state index is -0.636. The van der Waals surface area contributed by atoms with Gasteiger partial charge >= 0.3 is 11.4 Å². The first-order valence-electron chi connectivity index (χ1n) is 11.9. The van der Waals surface area contributed by atoms with Crippen molar-refractivity contribution >= 4 is 5.95 Å². The Morgan fingerprint density at radius 3 is 2.03 bits per heavy atom. The third-order valence-corrected chi connectivity index (χ3v) is 5.95. The van der Waals surface area contributed by atoms with Crippen molar-refractivity contribution < 1.29 is 9.47 Å². The Hall–Kier alpha value is -4.44. The highest BCUT2D eigenvalue weighted by Gasteiger charge is 2.15. The van der Waals surface area contributed by atoms with Crippen LogP contribution in [0.2, 0.25) is 0 Å². The zero-order chi connectivity index (χ0) is 26.2. The van der Waals surface area contributed by atoms with Gasteiger partial charge in [0.15, 0.2) is 0 Å². The molecule has 4 rings (SSSR count). The average Bonchev–Trinajstić information content (AvgIpc) is 2.93. The maximum Gasteiger partial charge on any atom is 0.355 e. The van der Waals surface area contributed by atoms with Gasteiger partial charge in [0, 0.05) is 24.9 Å². The molecule has 0 aliphatic rings. The molecule has 0 atom stereocenters. The number of benzene rings is 2. The summed E-state index contributed by atoms with van der Waals surface area (Å²) in [6.07, 6.45) is 2.33. The van der Waals surface area contributed by atoms with Gasteiger partial charge in [-0.2, -0.15) is 4.98 Å². The lowest BCUT2D eigenvalue weighted by atomic mass is 10.1. The molecule has 4 aromatic rings. The van der Waals surface area contributed by atoms with Crippen molar-refractivity contribution in [3.05, 3.63) is 110 Å². The minimum absolute atomic E-state index is 0.0841. The van der Waals surface area contributed by atoms with Gasteiger partial charge in [-0.15, -0.1) is 0 Å². The van der Waals surface area contributed by atoms with E-state index in [1.165, 1.54) is 4.57 Å². The molecule has 0 saturated heterocycles. The Labute approximate surface area is 214 Å². The van der Waals surface area contributed by atoms with Gasteiger partial charge in [-0.05, 0) is 53.6 Å². The monoisotopic (exact) mass is 502 g/mol. The molecule has 192 valence electrons. The zero-order valence-corrected chi connectivity index (χ0v) is 20.9. The van der Waals surface area contributed by atoms with Crippen LogP contribution in [-0.4, -0.2) is 39.9 Å². The quantitative estimate of drug-likeness (QED) is 0.319. The van der Waals surface area contributed by atoms with E-state index < -0.39 is 11.4 Å². The number of pyridine rings is 1. The fourth-order valence-electron chi connectivity index (χ4n) is 3.94. The van der Waals surface area contributed by atoms with E-state index in [0.717, 1.165) is 27.0 Å². The minimum Gasteiger partial charge on any atom is -0.497 e. The lowest BCUT2D eigenvalue weighted by Crippen LogP contribution is -2.43. The summed E-state index contributed by atoms with van der Waals surface area (Å²) in [6.45, 7) is 1.09. The predicted molar refractivity (Wildman–Crippen MR) is 141 cm³/mol. The molecule has 2 aromatic carbocycles. The van der Waals surface area contributed by atoms with Crippen molar-refractivity contribution in [2.45, 2.75) is 26.1 Å². The number of anilines is 1. The normalized spacial score (nSPS) is 10.8. The molecule has 0 fully saturated rings. The molecule has 0 radical (unpaired) electrons. The van der Waals surface area contributed by atoms with Crippen LogP contribution < -0.4 is 31.9 Å². The summed E-state index contributed by atoms with van der Waals surface area (Å²) < 4.78 is 13.0. The van der Waals surface area contributed by atoms with Crippen LogP contribution in [0.3, 0.4) is 0 Å². The second kappa shape index (κ2) is 12.0. The van der Waals surface area contributed by atoms with Gasteiger partial charge in [0.05, 0.1) is 27.3 Å². The predicted octanol–water partition coefficient (Wildman–Crippen LogP) is 2.03. The Balaban J connectivity index is 1.70. The largest absolute Gasteiger partial charge is 0.497 e. The highest BCUT2D eigenvalue weighted by atomic mass is 16.5. The molecule has 10 heteroatoms. The molecular formula is C27H30N6O4. The van der Waals surface area contributed by atoms with Gasteiger partial charge in [-0.1, -0.05) is 30.3 Å². The number of hydrogen-bond acceptors (Lipinski definition) is 8. The molecule has 0 spiro atoms. The molecule has 0 unspecified atom stereocenters. The highest BCUT2D eigenvalue weighted by molar-refractivity contribution is 5.33. The molecule has 10 nitrogen and oxygen atoms in total. The van der Waals surface area contributed by atoms with Crippen LogP contribution in [-0.2, 0) is 26.1 Å². The molecule has 2 aromatic heterocycles. The average molecular weight is 503 g/mol. The number of nitrogens with zero attached hydrogens (tertiary/aromatic N) is 4. The van der Waals surface area contributed by atoms with Crippen LogP contribution in [0.15, 0.2) is 76.4 Å². The van der Waals surface area contributed by atoms with Gasteiger partial charge in [0.1, 0.15) is 11.5 Å². The summed E-state index contributed by atoms with van der Waals surface area (Å²) in [6, 6.07) is 18.3. The summed E-state index contributed by atoms with van der Waals surface area (Å²) >= 11 is 0. The Kier molecular flexibility index (Phi) is 8.32. The molecule has 3 N–H and O–H groups in total. The molecule has 37 heavy (non-hydrogen) atoms. The summed E-state index contributed by atoms with van der Waals surface area (Å²) in [7, 11) is 3.18. The molecule has 0 saturated carbocycles. The van der Waals surface area contributed by atoms with Crippen LogP contribution in [0.4, 0.5) is 5.95 Å². The maximum absolute atomic E-state index is 13.6. The van der Waals surface area contributed by atoms with Gasteiger partial charge in [-0.25, -0.2) is 14.2 Å². The topological polar surface area (TPSA) is 126 Å². The zero-order valence-electron chi connectivity index (χ0n) is 20.9. The first-order valence-corrected chi connectivity index (χ1v) is 11.9. The van der Waals surface area contributed by atoms with Crippen molar-refractivity contribution in [1.82, 2.24) is 19.1 Å². The molecule has 0 bridgehead atoms. The van der Waals surface area contributed by atoms with Gasteiger partial charge < -0.3 is 20.5 Å². The van der Waals surface area contributed by atoms with E-state index in [2.05, 4.69) is 15.3 Å². The van der Waals surface area contributed by atoms with Crippen LogP contribution in [0.1, 0.15) is 22.4 Å². The summed E-state index contributed by atoms with van der Waals surface area (Å²) in [5, 5.41) is 3.18. The number of nitrogens with one attached hydrogen (secondary N) is 1. The Morgan fingerprint density at radius 2 is 1.46 bits per heavy atom. The Bertz CT molecular complexity index is 1450. The smallest absolute Gasteiger partial charge is 0.355 e. The fourth-order valence-corrected chi connectivity index (χ4v) is 3.94. The summed E-state index contributed by atoms with van der Waals surface area (Å²) in [5.41, 5.74) is 8.02. The number of rotatable bonds is 11. The van der Waals surface area contributed by atoms with Gasteiger partial charge in [-0.3, -0.25) is 9.55 Å². The second-order valence-corrected chi connectivity index (χ2v) is 8.37. The van der Waals surface area contributed by atoms with Crippen molar-refractivity contribution in [2.75, 3.05) is 26.1 Å².